The van der Waals surface area contributed by atoms with Crippen molar-refractivity contribution in [3.05, 3.63) is 0 Å². The van der Waals surface area contributed by atoms with Gasteiger partial charge in [-0.3, -0.25) is 4.79 Å². The minimum Gasteiger partial charge on any atom is -0.479 e. The van der Waals surface area contributed by atoms with Gasteiger partial charge in [-0.15, -0.1) is 0 Å². The Morgan fingerprint density at radius 2 is 1.56 bits per heavy atom. The van der Waals surface area contributed by atoms with Crippen LogP contribution in [-0.2, 0) is 9.59 Å². The number of aliphatic carboxylic acids is 1. The van der Waals surface area contributed by atoms with Gasteiger partial charge < -0.3 is 10.0 Å². The molecular weight excluding hydrogens is 230 g/mol. The van der Waals surface area contributed by atoms with Crippen LogP contribution in [0.5, 0.6) is 0 Å². The molecule has 4 heteroatoms. The molecule has 0 atom stereocenters. The third-order valence-electron chi connectivity index (χ3n) is 4.29. The van der Waals surface area contributed by atoms with Gasteiger partial charge in [-0.2, -0.15) is 0 Å². The van der Waals surface area contributed by atoms with Crippen molar-refractivity contribution < 1.29 is 14.7 Å². The first kappa shape index (κ1) is 13.4. The van der Waals surface area contributed by atoms with E-state index in [0.29, 0.717) is 12.8 Å². The van der Waals surface area contributed by atoms with Crippen LogP contribution in [0.4, 0.5) is 0 Å². The standard InChI is InChI=1S/C14H23NO3/c1-11(16)15(12-7-8-12)14(13(17)18)9-5-3-2-4-6-10-14/h12H,2-10H2,1H3,(H,17,18). The molecule has 0 aromatic rings. The highest BCUT2D eigenvalue weighted by Crippen LogP contribution is 2.40. The number of carboxylic acids is 1. The molecule has 0 spiro atoms. The molecule has 1 N–H and O–H groups in total. The topological polar surface area (TPSA) is 57.6 Å². The normalized spacial score (nSPS) is 23.8. The fourth-order valence-corrected chi connectivity index (χ4v) is 3.29. The lowest BCUT2D eigenvalue weighted by atomic mass is 9.82. The first-order chi connectivity index (χ1) is 8.58. The molecule has 102 valence electrons. The second kappa shape index (κ2) is 5.29. The summed E-state index contributed by atoms with van der Waals surface area (Å²) >= 11 is 0. The molecule has 0 aromatic carbocycles. The van der Waals surface area contributed by atoms with E-state index in [1.807, 2.05) is 0 Å². The van der Waals surface area contributed by atoms with E-state index in [4.69, 9.17) is 0 Å². The fourth-order valence-electron chi connectivity index (χ4n) is 3.29. The third kappa shape index (κ3) is 2.52. The van der Waals surface area contributed by atoms with Crippen molar-refractivity contribution in [1.82, 2.24) is 4.90 Å². The lowest BCUT2D eigenvalue weighted by Gasteiger charge is -2.41. The van der Waals surface area contributed by atoms with Gasteiger partial charge in [-0.05, 0) is 25.7 Å². The molecule has 2 aliphatic rings. The minimum atomic E-state index is -0.923. The fraction of sp³-hybridized carbons (Fsp3) is 0.857. The Kier molecular flexibility index (Phi) is 3.93. The van der Waals surface area contributed by atoms with E-state index in [9.17, 15) is 14.7 Å². The van der Waals surface area contributed by atoms with Crippen LogP contribution in [0.15, 0.2) is 0 Å². The van der Waals surface area contributed by atoms with Crippen molar-refractivity contribution in [2.24, 2.45) is 0 Å². The quantitative estimate of drug-likeness (QED) is 0.841. The zero-order valence-electron chi connectivity index (χ0n) is 11.2. The lowest BCUT2D eigenvalue weighted by Crippen LogP contribution is -2.57. The second-order valence-corrected chi connectivity index (χ2v) is 5.72. The van der Waals surface area contributed by atoms with E-state index < -0.39 is 11.5 Å². The third-order valence-corrected chi connectivity index (χ3v) is 4.29. The van der Waals surface area contributed by atoms with Crippen LogP contribution in [0, 0.1) is 0 Å². The summed E-state index contributed by atoms with van der Waals surface area (Å²) in [4.78, 5) is 25.4. The SMILES string of the molecule is CC(=O)N(C1CC1)C1(C(=O)O)CCCCCCC1. The second-order valence-electron chi connectivity index (χ2n) is 5.72. The molecule has 0 aliphatic heterocycles. The molecule has 2 rings (SSSR count). The number of amides is 1. The molecule has 4 nitrogen and oxygen atoms in total. The summed E-state index contributed by atoms with van der Waals surface area (Å²) in [7, 11) is 0. The summed E-state index contributed by atoms with van der Waals surface area (Å²) < 4.78 is 0. The predicted octanol–water partition coefficient (Wildman–Crippen LogP) is 2.57. The van der Waals surface area contributed by atoms with Gasteiger partial charge in [0.2, 0.25) is 5.91 Å². The Balaban J connectivity index is 2.27. The van der Waals surface area contributed by atoms with E-state index >= 15 is 0 Å². The van der Waals surface area contributed by atoms with Crippen molar-refractivity contribution >= 4 is 11.9 Å². The molecular formula is C14H23NO3. The van der Waals surface area contributed by atoms with Crippen molar-refractivity contribution in [3.63, 3.8) is 0 Å². The van der Waals surface area contributed by atoms with Crippen molar-refractivity contribution in [2.75, 3.05) is 0 Å². The Morgan fingerprint density at radius 3 is 1.94 bits per heavy atom. The van der Waals surface area contributed by atoms with Gasteiger partial charge in [-0.1, -0.05) is 32.1 Å². The van der Waals surface area contributed by atoms with Crippen LogP contribution in [0.2, 0.25) is 0 Å². The maximum atomic E-state index is 11.9. The predicted molar refractivity (Wildman–Crippen MR) is 68.2 cm³/mol. The number of hydrogen-bond acceptors (Lipinski definition) is 2. The lowest BCUT2D eigenvalue weighted by molar-refractivity contribution is -0.161. The van der Waals surface area contributed by atoms with Crippen LogP contribution in [0.25, 0.3) is 0 Å². The number of rotatable bonds is 3. The van der Waals surface area contributed by atoms with Gasteiger partial charge in [-0.25, -0.2) is 4.79 Å². The summed E-state index contributed by atoms with van der Waals surface area (Å²) in [6.45, 7) is 1.52. The highest BCUT2D eigenvalue weighted by Gasteiger charge is 2.50. The van der Waals surface area contributed by atoms with Gasteiger partial charge in [0.15, 0.2) is 0 Å². The van der Waals surface area contributed by atoms with E-state index in [1.54, 1.807) is 4.90 Å². The van der Waals surface area contributed by atoms with Gasteiger partial charge in [0.1, 0.15) is 5.54 Å². The number of carboxylic acid groups (broad SMARTS) is 1. The zero-order valence-corrected chi connectivity index (χ0v) is 11.2. The van der Waals surface area contributed by atoms with Crippen molar-refractivity contribution in [1.29, 1.82) is 0 Å². The molecule has 2 fully saturated rings. The Hall–Kier alpha value is -1.06. The van der Waals surface area contributed by atoms with E-state index in [0.717, 1.165) is 38.5 Å². The molecule has 2 saturated carbocycles. The number of nitrogens with zero attached hydrogens (tertiary/aromatic N) is 1. The Labute approximate surface area is 108 Å². The monoisotopic (exact) mass is 253 g/mol. The summed E-state index contributed by atoms with van der Waals surface area (Å²) in [5, 5.41) is 9.71. The molecule has 0 unspecified atom stereocenters. The molecule has 18 heavy (non-hydrogen) atoms. The van der Waals surface area contributed by atoms with E-state index in [-0.39, 0.29) is 11.9 Å². The van der Waals surface area contributed by atoms with Crippen molar-refractivity contribution in [3.8, 4) is 0 Å². The maximum absolute atomic E-state index is 11.9. The van der Waals surface area contributed by atoms with Gasteiger partial charge in [0.05, 0.1) is 0 Å². The van der Waals surface area contributed by atoms with Gasteiger partial charge >= 0.3 is 5.97 Å². The average Bonchev–Trinajstić information content (AvgIpc) is 3.04. The van der Waals surface area contributed by atoms with Gasteiger partial charge in [0.25, 0.3) is 0 Å². The first-order valence-corrected chi connectivity index (χ1v) is 7.11. The molecule has 0 heterocycles. The first-order valence-electron chi connectivity index (χ1n) is 7.11. The molecule has 0 saturated heterocycles. The molecule has 0 aromatic heterocycles. The maximum Gasteiger partial charge on any atom is 0.329 e. The molecule has 0 radical (unpaired) electrons. The summed E-state index contributed by atoms with van der Waals surface area (Å²) in [5.74, 6) is -0.869. The smallest absolute Gasteiger partial charge is 0.329 e. The largest absolute Gasteiger partial charge is 0.479 e. The number of hydrogen-bond donors (Lipinski definition) is 1. The van der Waals surface area contributed by atoms with E-state index in [2.05, 4.69) is 0 Å². The van der Waals surface area contributed by atoms with Crippen LogP contribution >= 0.6 is 0 Å². The van der Waals surface area contributed by atoms with Crippen LogP contribution in [-0.4, -0.2) is 33.5 Å². The van der Waals surface area contributed by atoms with Crippen LogP contribution in [0.1, 0.15) is 64.7 Å². The summed E-state index contributed by atoms with van der Waals surface area (Å²) in [6.07, 6.45) is 8.39. The highest BCUT2D eigenvalue weighted by molar-refractivity contribution is 5.86. The van der Waals surface area contributed by atoms with Gasteiger partial charge in [0, 0.05) is 13.0 Å². The highest BCUT2D eigenvalue weighted by atomic mass is 16.4. The van der Waals surface area contributed by atoms with Crippen LogP contribution < -0.4 is 0 Å². The van der Waals surface area contributed by atoms with Crippen molar-refractivity contribution in [2.45, 2.75) is 76.3 Å². The zero-order chi connectivity index (χ0) is 13.2. The average molecular weight is 253 g/mol. The number of carbonyl (C=O) groups excluding carboxylic acids is 1. The summed E-state index contributed by atoms with van der Waals surface area (Å²) in [6, 6.07) is 0.179. The number of carbonyl (C=O) groups is 2. The van der Waals surface area contributed by atoms with E-state index in [1.165, 1.54) is 13.3 Å². The molecule has 2 aliphatic carbocycles. The Bertz CT molecular complexity index is 328. The molecule has 0 bridgehead atoms. The minimum absolute atomic E-state index is 0.0690. The summed E-state index contributed by atoms with van der Waals surface area (Å²) in [5.41, 5.74) is -0.923. The van der Waals surface area contributed by atoms with Crippen LogP contribution in [0.3, 0.4) is 0 Å². The molecule has 1 amide bonds. The Morgan fingerprint density at radius 1 is 1.06 bits per heavy atom.